The number of thioether (sulfide) groups is 1. The van der Waals surface area contributed by atoms with Crippen LogP contribution in [0.3, 0.4) is 0 Å². The summed E-state index contributed by atoms with van der Waals surface area (Å²) in [5, 5.41) is 9.63. The summed E-state index contributed by atoms with van der Waals surface area (Å²) in [4.78, 5) is 12.2. The lowest BCUT2D eigenvalue weighted by Gasteiger charge is -2.03. The van der Waals surface area contributed by atoms with Gasteiger partial charge in [-0.2, -0.15) is 0 Å². The van der Waals surface area contributed by atoms with Crippen LogP contribution in [0, 0.1) is 0 Å². The summed E-state index contributed by atoms with van der Waals surface area (Å²) in [6.45, 7) is 0. The van der Waals surface area contributed by atoms with Gasteiger partial charge in [0.1, 0.15) is 5.75 Å². The highest BCUT2D eigenvalue weighted by Crippen LogP contribution is 2.31. The minimum Gasteiger partial charge on any atom is -0.507 e. The predicted molar refractivity (Wildman–Crippen MR) is 67.7 cm³/mol. The summed E-state index contributed by atoms with van der Waals surface area (Å²) in [6, 6.07) is 8.77. The second kappa shape index (κ2) is 5.64. The predicted octanol–water partition coefficient (Wildman–Crippen LogP) is 3.06. The van der Waals surface area contributed by atoms with Crippen LogP contribution in [0.4, 0.5) is 0 Å². The normalized spacial score (nSPS) is 10.3. The molecule has 0 aliphatic heterocycles. The van der Waals surface area contributed by atoms with E-state index in [1.807, 2.05) is 12.1 Å². The number of aromatic hydroxyl groups is 1. The third-order valence-electron chi connectivity index (χ3n) is 2.37. The monoisotopic (exact) mass is 264 g/mol. The number of esters is 1. The van der Waals surface area contributed by atoms with Crippen molar-refractivity contribution >= 4 is 17.7 Å². The first-order chi connectivity index (χ1) is 8.72. The molecule has 1 N–H and O–H groups in total. The van der Waals surface area contributed by atoms with Crippen LogP contribution in [-0.4, -0.2) is 18.2 Å². The molecule has 0 saturated heterocycles. The Morgan fingerprint density at radius 3 is 2.89 bits per heavy atom. The molecule has 0 atom stereocenters. The molecule has 2 rings (SSSR count). The van der Waals surface area contributed by atoms with Crippen LogP contribution in [-0.2, 0) is 10.5 Å². The van der Waals surface area contributed by atoms with Crippen LogP contribution in [0.15, 0.2) is 45.9 Å². The fourth-order valence-electron chi connectivity index (χ4n) is 1.46. The summed E-state index contributed by atoms with van der Waals surface area (Å²) in [5.41, 5.74) is 0.745. The molecule has 0 aliphatic rings. The van der Waals surface area contributed by atoms with Crippen molar-refractivity contribution in [2.24, 2.45) is 0 Å². The van der Waals surface area contributed by atoms with E-state index < -0.39 is 5.97 Å². The molecular weight excluding hydrogens is 252 g/mol. The molecule has 1 aromatic carbocycles. The fraction of sp³-hybridized carbons (Fsp3) is 0.154. The summed E-state index contributed by atoms with van der Waals surface area (Å²) in [5.74, 6) is 0.470. The van der Waals surface area contributed by atoms with E-state index in [-0.39, 0.29) is 11.5 Å². The van der Waals surface area contributed by atoms with E-state index in [0.717, 1.165) is 10.5 Å². The number of carbonyl (C=O) groups excluding carboxylic acids is 1. The number of benzene rings is 1. The molecule has 0 saturated carbocycles. The maximum atomic E-state index is 11.4. The Bertz CT molecular complexity index is 547. The Hall–Kier alpha value is -1.88. The second-order valence-electron chi connectivity index (χ2n) is 3.52. The van der Waals surface area contributed by atoms with Crippen LogP contribution in [0.2, 0.25) is 0 Å². The number of hydrogen-bond acceptors (Lipinski definition) is 5. The van der Waals surface area contributed by atoms with E-state index in [2.05, 4.69) is 4.74 Å². The maximum absolute atomic E-state index is 11.4. The van der Waals surface area contributed by atoms with E-state index in [9.17, 15) is 9.90 Å². The number of furan rings is 1. The summed E-state index contributed by atoms with van der Waals surface area (Å²) < 4.78 is 9.71. The average molecular weight is 264 g/mol. The SMILES string of the molecule is COC(=O)c1occc1CSc1ccccc1O. The maximum Gasteiger partial charge on any atom is 0.374 e. The molecule has 0 spiro atoms. The number of phenolic OH excluding ortho intramolecular Hbond substituents is 1. The van der Waals surface area contributed by atoms with Crippen molar-refractivity contribution in [1.82, 2.24) is 0 Å². The molecule has 1 aromatic heterocycles. The average Bonchev–Trinajstić information content (AvgIpc) is 2.85. The van der Waals surface area contributed by atoms with Crippen LogP contribution >= 0.6 is 11.8 Å². The Morgan fingerprint density at radius 1 is 1.39 bits per heavy atom. The Labute approximate surface area is 109 Å². The first-order valence-electron chi connectivity index (χ1n) is 5.28. The standard InChI is InChI=1S/C13H12O4S/c1-16-13(15)12-9(6-7-17-12)8-18-11-5-3-2-4-10(11)14/h2-7,14H,8H2,1H3. The summed E-state index contributed by atoms with van der Waals surface area (Å²) in [6.07, 6.45) is 1.45. The van der Waals surface area contributed by atoms with Crippen molar-refractivity contribution in [3.63, 3.8) is 0 Å². The Balaban J connectivity index is 2.09. The van der Waals surface area contributed by atoms with Gasteiger partial charge in [-0.15, -0.1) is 11.8 Å². The number of ether oxygens (including phenoxy) is 1. The third-order valence-corrected chi connectivity index (χ3v) is 3.48. The molecule has 2 aromatic rings. The van der Waals surface area contributed by atoms with Gasteiger partial charge in [-0.3, -0.25) is 0 Å². The van der Waals surface area contributed by atoms with Gasteiger partial charge < -0.3 is 14.3 Å². The third kappa shape index (κ3) is 2.68. The number of rotatable bonds is 4. The molecule has 0 unspecified atom stereocenters. The molecular formula is C13H12O4S. The van der Waals surface area contributed by atoms with Crippen molar-refractivity contribution in [1.29, 1.82) is 0 Å². The Kier molecular flexibility index (Phi) is 3.94. The van der Waals surface area contributed by atoms with Crippen molar-refractivity contribution < 1.29 is 19.1 Å². The lowest BCUT2D eigenvalue weighted by atomic mass is 10.3. The minimum absolute atomic E-state index is 0.209. The molecule has 0 fully saturated rings. The first kappa shape index (κ1) is 12.6. The van der Waals surface area contributed by atoms with E-state index in [1.165, 1.54) is 25.1 Å². The largest absolute Gasteiger partial charge is 0.507 e. The summed E-state index contributed by atoms with van der Waals surface area (Å²) in [7, 11) is 1.31. The van der Waals surface area contributed by atoms with Crippen molar-refractivity contribution in [2.45, 2.75) is 10.6 Å². The van der Waals surface area contributed by atoms with Gasteiger partial charge in [0.2, 0.25) is 5.76 Å². The van der Waals surface area contributed by atoms with E-state index in [4.69, 9.17) is 4.42 Å². The van der Waals surface area contributed by atoms with Gasteiger partial charge in [-0.05, 0) is 18.2 Å². The van der Waals surface area contributed by atoms with Gasteiger partial charge in [0.05, 0.1) is 13.4 Å². The van der Waals surface area contributed by atoms with Crippen LogP contribution in [0.5, 0.6) is 5.75 Å². The lowest BCUT2D eigenvalue weighted by Crippen LogP contribution is -2.02. The number of hydrogen-bond donors (Lipinski definition) is 1. The smallest absolute Gasteiger partial charge is 0.374 e. The van der Waals surface area contributed by atoms with Gasteiger partial charge in [0.25, 0.3) is 0 Å². The van der Waals surface area contributed by atoms with Gasteiger partial charge in [-0.1, -0.05) is 12.1 Å². The van der Waals surface area contributed by atoms with Gasteiger partial charge >= 0.3 is 5.97 Å². The van der Waals surface area contributed by atoms with Gasteiger partial charge in [0.15, 0.2) is 0 Å². The highest BCUT2D eigenvalue weighted by Gasteiger charge is 2.16. The zero-order chi connectivity index (χ0) is 13.0. The quantitative estimate of drug-likeness (QED) is 0.679. The summed E-state index contributed by atoms with van der Waals surface area (Å²) >= 11 is 1.43. The molecule has 18 heavy (non-hydrogen) atoms. The van der Waals surface area contributed by atoms with Crippen LogP contribution in [0.1, 0.15) is 16.1 Å². The molecule has 4 nitrogen and oxygen atoms in total. The lowest BCUT2D eigenvalue weighted by molar-refractivity contribution is 0.0564. The van der Waals surface area contributed by atoms with Crippen molar-refractivity contribution in [2.75, 3.05) is 7.11 Å². The van der Waals surface area contributed by atoms with Crippen molar-refractivity contribution in [3.05, 3.63) is 47.9 Å². The topological polar surface area (TPSA) is 59.7 Å². The zero-order valence-corrected chi connectivity index (χ0v) is 10.6. The van der Waals surface area contributed by atoms with E-state index >= 15 is 0 Å². The van der Waals surface area contributed by atoms with Crippen molar-refractivity contribution in [3.8, 4) is 5.75 Å². The number of carbonyl (C=O) groups is 1. The molecule has 0 radical (unpaired) electrons. The number of para-hydroxylation sites is 1. The molecule has 0 aliphatic carbocycles. The van der Waals surface area contributed by atoms with E-state index in [0.29, 0.717) is 5.75 Å². The highest BCUT2D eigenvalue weighted by atomic mass is 32.2. The number of phenols is 1. The second-order valence-corrected chi connectivity index (χ2v) is 4.54. The van der Waals surface area contributed by atoms with Gasteiger partial charge in [-0.25, -0.2) is 4.79 Å². The number of methoxy groups -OCH3 is 1. The zero-order valence-electron chi connectivity index (χ0n) is 9.75. The van der Waals surface area contributed by atoms with E-state index in [1.54, 1.807) is 18.2 Å². The highest BCUT2D eigenvalue weighted by molar-refractivity contribution is 7.98. The minimum atomic E-state index is -0.493. The van der Waals surface area contributed by atoms with Crippen LogP contribution < -0.4 is 0 Å². The Morgan fingerprint density at radius 2 is 2.17 bits per heavy atom. The molecule has 0 amide bonds. The molecule has 0 bridgehead atoms. The molecule has 94 valence electrons. The molecule has 1 heterocycles. The van der Waals surface area contributed by atoms with Gasteiger partial charge in [0, 0.05) is 16.2 Å². The first-order valence-corrected chi connectivity index (χ1v) is 6.26. The fourth-order valence-corrected chi connectivity index (χ4v) is 2.38. The molecule has 5 heteroatoms. The van der Waals surface area contributed by atoms with Crippen LogP contribution in [0.25, 0.3) is 0 Å².